The molecule has 1 N–H and O–H groups in total. The van der Waals surface area contributed by atoms with Gasteiger partial charge in [0.1, 0.15) is 11.5 Å². The highest BCUT2D eigenvalue weighted by molar-refractivity contribution is 5.92. The van der Waals surface area contributed by atoms with Crippen molar-refractivity contribution >= 4 is 5.91 Å². The average molecular weight is 300 g/mol. The fraction of sp³-hybridized carbons (Fsp3) is 0.529. The SMILES string of the molecule is CC(C)c1nccn1CCCNC(=O)c1cccn1C1CC1. The molecule has 2 heterocycles. The highest BCUT2D eigenvalue weighted by atomic mass is 16.1. The van der Waals surface area contributed by atoms with E-state index in [0.717, 1.165) is 24.5 Å². The van der Waals surface area contributed by atoms with Crippen molar-refractivity contribution < 1.29 is 4.79 Å². The molecule has 118 valence electrons. The minimum Gasteiger partial charge on any atom is -0.351 e. The highest BCUT2D eigenvalue weighted by Gasteiger charge is 2.26. The van der Waals surface area contributed by atoms with Crippen LogP contribution in [0, 0.1) is 0 Å². The largest absolute Gasteiger partial charge is 0.351 e. The zero-order valence-electron chi connectivity index (χ0n) is 13.3. The van der Waals surface area contributed by atoms with E-state index < -0.39 is 0 Å². The first-order valence-corrected chi connectivity index (χ1v) is 8.13. The second-order valence-corrected chi connectivity index (χ2v) is 6.27. The molecule has 3 rings (SSSR count). The van der Waals surface area contributed by atoms with Gasteiger partial charge in [0.05, 0.1) is 0 Å². The lowest BCUT2D eigenvalue weighted by Crippen LogP contribution is -2.27. The van der Waals surface area contributed by atoms with Gasteiger partial charge in [0.25, 0.3) is 5.91 Å². The van der Waals surface area contributed by atoms with Crippen molar-refractivity contribution in [3.05, 3.63) is 42.2 Å². The number of imidazole rings is 1. The summed E-state index contributed by atoms with van der Waals surface area (Å²) >= 11 is 0. The number of nitrogens with one attached hydrogen (secondary N) is 1. The Morgan fingerprint density at radius 1 is 1.41 bits per heavy atom. The van der Waals surface area contributed by atoms with Crippen molar-refractivity contribution in [1.29, 1.82) is 0 Å². The third kappa shape index (κ3) is 3.24. The summed E-state index contributed by atoms with van der Waals surface area (Å²) in [6, 6.07) is 4.39. The van der Waals surface area contributed by atoms with Crippen LogP contribution in [-0.2, 0) is 6.54 Å². The smallest absolute Gasteiger partial charge is 0.267 e. The molecule has 22 heavy (non-hydrogen) atoms. The van der Waals surface area contributed by atoms with Crippen LogP contribution in [0.3, 0.4) is 0 Å². The molecule has 0 atom stereocenters. The number of amides is 1. The molecular formula is C17H24N4O. The minimum absolute atomic E-state index is 0.0339. The topological polar surface area (TPSA) is 51.9 Å². The maximum absolute atomic E-state index is 12.2. The Bertz CT molecular complexity index is 637. The zero-order valence-corrected chi connectivity index (χ0v) is 13.3. The summed E-state index contributed by atoms with van der Waals surface area (Å²) in [5, 5.41) is 3.03. The maximum atomic E-state index is 12.2. The van der Waals surface area contributed by atoms with Crippen LogP contribution in [0.25, 0.3) is 0 Å². The van der Waals surface area contributed by atoms with E-state index in [1.165, 1.54) is 12.8 Å². The summed E-state index contributed by atoms with van der Waals surface area (Å²) in [4.78, 5) is 16.6. The number of rotatable bonds is 7. The van der Waals surface area contributed by atoms with Crippen LogP contribution in [0.5, 0.6) is 0 Å². The molecule has 5 nitrogen and oxygen atoms in total. The third-order valence-electron chi connectivity index (χ3n) is 4.08. The summed E-state index contributed by atoms with van der Waals surface area (Å²) < 4.78 is 4.27. The molecule has 0 aliphatic heterocycles. The van der Waals surface area contributed by atoms with Gasteiger partial charge in [-0.25, -0.2) is 4.98 Å². The quantitative estimate of drug-likeness (QED) is 0.799. The first kappa shape index (κ1) is 14.9. The average Bonchev–Trinajstić information content (AvgIpc) is 3.03. The lowest BCUT2D eigenvalue weighted by atomic mass is 10.2. The number of aryl methyl sites for hydroxylation is 1. The summed E-state index contributed by atoms with van der Waals surface area (Å²) in [7, 11) is 0. The number of aromatic nitrogens is 3. The third-order valence-corrected chi connectivity index (χ3v) is 4.08. The van der Waals surface area contributed by atoms with Gasteiger partial charge in [0.2, 0.25) is 0 Å². The lowest BCUT2D eigenvalue weighted by Gasteiger charge is -2.11. The monoisotopic (exact) mass is 300 g/mol. The van der Waals surface area contributed by atoms with Gasteiger partial charge in [0.15, 0.2) is 0 Å². The van der Waals surface area contributed by atoms with Crippen molar-refractivity contribution in [2.45, 2.75) is 51.6 Å². The number of hydrogen-bond donors (Lipinski definition) is 1. The molecule has 0 aromatic carbocycles. The van der Waals surface area contributed by atoms with E-state index in [9.17, 15) is 4.79 Å². The van der Waals surface area contributed by atoms with Crippen LogP contribution in [0.15, 0.2) is 30.7 Å². The fourth-order valence-corrected chi connectivity index (χ4v) is 2.81. The van der Waals surface area contributed by atoms with Gasteiger partial charge < -0.3 is 14.5 Å². The predicted molar refractivity (Wildman–Crippen MR) is 86.0 cm³/mol. The van der Waals surface area contributed by atoms with E-state index >= 15 is 0 Å². The standard InChI is InChI=1S/C17H24N4O/c1-13(2)16-18-9-12-20(16)10-4-8-19-17(22)15-5-3-11-21(15)14-6-7-14/h3,5,9,11-14H,4,6-8,10H2,1-2H3,(H,19,22). The first-order valence-electron chi connectivity index (χ1n) is 8.13. The Labute approximate surface area is 131 Å². The number of carbonyl (C=O) groups excluding carboxylic acids is 1. The van der Waals surface area contributed by atoms with Crippen molar-refractivity contribution in [2.24, 2.45) is 0 Å². The molecule has 2 aromatic rings. The fourth-order valence-electron chi connectivity index (χ4n) is 2.81. The normalized spacial score (nSPS) is 14.5. The number of nitrogens with zero attached hydrogens (tertiary/aromatic N) is 3. The summed E-state index contributed by atoms with van der Waals surface area (Å²) in [6.45, 7) is 5.86. The molecule has 0 bridgehead atoms. The van der Waals surface area contributed by atoms with Gasteiger partial charge in [-0.15, -0.1) is 0 Å². The summed E-state index contributed by atoms with van der Waals surface area (Å²) in [5.74, 6) is 1.56. The Kier molecular flexibility index (Phi) is 4.32. The number of carbonyl (C=O) groups is 1. The van der Waals surface area contributed by atoms with E-state index in [1.54, 1.807) is 0 Å². The van der Waals surface area contributed by atoms with Crippen LogP contribution in [-0.4, -0.2) is 26.6 Å². The molecule has 2 aromatic heterocycles. The molecule has 1 aliphatic carbocycles. The molecule has 0 spiro atoms. The highest BCUT2D eigenvalue weighted by Crippen LogP contribution is 2.35. The van der Waals surface area contributed by atoms with Gasteiger partial charge in [-0.1, -0.05) is 13.8 Å². The van der Waals surface area contributed by atoms with E-state index in [-0.39, 0.29) is 5.91 Å². The van der Waals surface area contributed by atoms with E-state index in [2.05, 4.69) is 33.3 Å². The zero-order chi connectivity index (χ0) is 15.5. The van der Waals surface area contributed by atoms with Crippen LogP contribution >= 0.6 is 0 Å². The van der Waals surface area contributed by atoms with Crippen LogP contribution in [0.1, 0.15) is 61.4 Å². The molecule has 1 aliphatic rings. The first-order chi connectivity index (χ1) is 10.7. The maximum Gasteiger partial charge on any atom is 0.267 e. The van der Waals surface area contributed by atoms with Crippen molar-refractivity contribution in [1.82, 2.24) is 19.4 Å². The second-order valence-electron chi connectivity index (χ2n) is 6.27. The number of hydrogen-bond acceptors (Lipinski definition) is 2. The second kappa shape index (κ2) is 6.38. The van der Waals surface area contributed by atoms with Gasteiger partial charge in [-0.3, -0.25) is 4.79 Å². The Morgan fingerprint density at radius 2 is 2.23 bits per heavy atom. The van der Waals surface area contributed by atoms with Gasteiger partial charge in [0, 0.05) is 43.6 Å². The molecule has 0 saturated heterocycles. The minimum atomic E-state index is 0.0339. The molecule has 1 amide bonds. The van der Waals surface area contributed by atoms with Crippen molar-refractivity contribution in [3.8, 4) is 0 Å². The van der Waals surface area contributed by atoms with E-state index in [0.29, 0.717) is 18.5 Å². The predicted octanol–water partition coefficient (Wildman–Crippen LogP) is 2.96. The van der Waals surface area contributed by atoms with Crippen molar-refractivity contribution in [3.63, 3.8) is 0 Å². The van der Waals surface area contributed by atoms with Crippen LogP contribution in [0.4, 0.5) is 0 Å². The molecule has 0 radical (unpaired) electrons. The van der Waals surface area contributed by atoms with Crippen molar-refractivity contribution in [2.75, 3.05) is 6.54 Å². The van der Waals surface area contributed by atoms with E-state index in [1.807, 2.05) is 30.7 Å². The molecule has 1 saturated carbocycles. The molecule has 0 unspecified atom stereocenters. The van der Waals surface area contributed by atoms with Crippen LogP contribution < -0.4 is 5.32 Å². The van der Waals surface area contributed by atoms with Crippen LogP contribution in [0.2, 0.25) is 0 Å². The summed E-state index contributed by atoms with van der Waals surface area (Å²) in [5.41, 5.74) is 0.785. The van der Waals surface area contributed by atoms with Gasteiger partial charge in [-0.05, 0) is 31.4 Å². The molecule has 1 fully saturated rings. The Hall–Kier alpha value is -2.04. The lowest BCUT2D eigenvalue weighted by molar-refractivity contribution is 0.0943. The molecular weight excluding hydrogens is 276 g/mol. The van der Waals surface area contributed by atoms with E-state index in [4.69, 9.17) is 0 Å². The van der Waals surface area contributed by atoms with Gasteiger partial charge in [-0.2, -0.15) is 0 Å². The van der Waals surface area contributed by atoms with Gasteiger partial charge >= 0.3 is 0 Å². The Morgan fingerprint density at radius 3 is 2.95 bits per heavy atom. The molecule has 5 heteroatoms. The summed E-state index contributed by atoms with van der Waals surface area (Å²) in [6.07, 6.45) is 9.14. The Balaban J connectivity index is 1.47.